The van der Waals surface area contributed by atoms with Crippen LogP contribution in [-0.4, -0.2) is 55.4 Å². The first-order valence-electron chi connectivity index (χ1n) is 9.97. The molecule has 2 N–H and O–H groups in total. The number of nitrogens with one attached hydrogen (secondary N) is 2. The number of morpholine rings is 1. The molecule has 1 heterocycles. The summed E-state index contributed by atoms with van der Waals surface area (Å²) < 4.78 is 5.40. The molecule has 0 spiro atoms. The molecule has 1 aliphatic heterocycles. The lowest BCUT2D eigenvalue weighted by Crippen LogP contribution is -2.57. The van der Waals surface area contributed by atoms with Gasteiger partial charge in [-0.25, -0.2) is 0 Å². The molecule has 0 unspecified atom stereocenters. The minimum absolute atomic E-state index is 0.509. The molecule has 5 heteroatoms. The van der Waals surface area contributed by atoms with Crippen molar-refractivity contribution in [1.29, 1.82) is 0 Å². The zero-order chi connectivity index (χ0) is 16.6. The van der Waals surface area contributed by atoms with Gasteiger partial charge >= 0.3 is 0 Å². The highest BCUT2D eigenvalue weighted by molar-refractivity contribution is 7.80. The van der Waals surface area contributed by atoms with Gasteiger partial charge in [0.2, 0.25) is 0 Å². The average molecular weight is 352 g/mol. The topological polar surface area (TPSA) is 36.5 Å². The molecule has 0 amide bonds. The molecule has 136 valence electrons. The van der Waals surface area contributed by atoms with Crippen molar-refractivity contribution < 1.29 is 4.74 Å². The number of hydrogen-bond acceptors (Lipinski definition) is 3. The van der Waals surface area contributed by atoms with Crippen molar-refractivity contribution in [2.45, 2.75) is 51.5 Å². The van der Waals surface area contributed by atoms with Crippen LogP contribution in [0.4, 0.5) is 0 Å². The highest BCUT2D eigenvalue weighted by atomic mass is 32.1. The van der Waals surface area contributed by atoms with Crippen molar-refractivity contribution in [3.8, 4) is 0 Å². The number of hydrogen-bond donors (Lipinski definition) is 2. The van der Waals surface area contributed by atoms with Crippen LogP contribution in [0.1, 0.15) is 45.4 Å². The van der Waals surface area contributed by atoms with Crippen LogP contribution in [0.3, 0.4) is 0 Å². The molecule has 0 radical (unpaired) electrons. The molecule has 4 saturated carbocycles. The second kappa shape index (κ2) is 7.08. The quantitative estimate of drug-likeness (QED) is 0.744. The smallest absolute Gasteiger partial charge is 0.166 e. The van der Waals surface area contributed by atoms with Gasteiger partial charge in [0, 0.05) is 32.2 Å². The summed E-state index contributed by atoms with van der Waals surface area (Å²) >= 11 is 5.59. The van der Waals surface area contributed by atoms with Crippen LogP contribution in [0, 0.1) is 23.2 Å². The standard InChI is InChI=1S/C19H33N3OS/c1-14(19-11-15-8-16(12-19)10-17(9-15)13-19)21-18(24)20-2-3-22-4-6-23-7-5-22/h14-17H,2-13H2,1H3,(H2,20,21,24)/t14-,15?,16?,17?,19?/m0/s1. The van der Waals surface area contributed by atoms with E-state index in [4.69, 9.17) is 17.0 Å². The summed E-state index contributed by atoms with van der Waals surface area (Å²) in [5, 5.41) is 7.94. The van der Waals surface area contributed by atoms with E-state index in [9.17, 15) is 0 Å². The Hall–Kier alpha value is -0.390. The van der Waals surface area contributed by atoms with Gasteiger partial charge in [-0.05, 0) is 80.8 Å². The Morgan fingerprint density at radius 2 is 1.71 bits per heavy atom. The van der Waals surface area contributed by atoms with E-state index < -0.39 is 0 Å². The van der Waals surface area contributed by atoms with E-state index in [0.29, 0.717) is 11.5 Å². The monoisotopic (exact) mass is 351 g/mol. The normalized spacial score (nSPS) is 39.6. The highest BCUT2D eigenvalue weighted by Crippen LogP contribution is 2.61. The molecule has 5 aliphatic rings. The van der Waals surface area contributed by atoms with Crippen molar-refractivity contribution in [1.82, 2.24) is 15.5 Å². The third kappa shape index (κ3) is 3.58. The first-order valence-corrected chi connectivity index (χ1v) is 10.4. The predicted octanol–water partition coefficient (Wildman–Crippen LogP) is 2.39. The van der Waals surface area contributed by atoms with Crippen molar-refractivity contribution in [2.75, 3.05) is 39.4 Å². The first-order chi connectivity index (χ1) is 11.6. The van der Waals surface area contributed by atoms with E-state index in [-0.39, 0.29) is 0 Å². The Morgan fingerprint density at radius 1 is 1.12 bits per heavy atom. The molecular formula is C19H33N3OS. The van der Waals surface area contributed by atoms with Gasteiger partial charge in [-0.15, -0.1) is 0 Å². The lowest BCUT2D eigenvalue weighted by molar-refractivity contribution is -0.0672. The van der Waals surface area contributed by atoms with Crippen molar-refractivity contribution >= 4 is 17.3 Å². The average Bonchev–Trinajstić information content (AvgIpc) is 2.54. The zero-order valence-corrected chi connectivity index (χ0v) is 15.9. The summed E-state index contributed by atoms with van der Waals surface area (Å²) in [6, 6.07) is 0.509. The molecule has 1 saturated heterocycles. The van der Waals surface area contributed by atoms with Gasteiger partial charge in [-0.3, -0.25) is 4.90 Å². The maximum atomic E-state index is 5.59. The highest BCUT2D eigenvalue weighted by Gasteiger charge is 2.53. The predicted molar refractivity (Wildman–Crippen MR) is 101 cm³/mol. The Labute approximate surface area is 152 Å². The molecule has 0 aromatic heterocycles. The maximum absolute atomic E-state index is 5.59. The fourth-order valence-corrected chi connectivity index (χ4v) is 6.54. The molecule has 4 bridgehead atoms. The van der Waals surface area contributed by atoms with Crippen molar-refractivity contribution in [3.63, 3.8) is 0 Å². The Kier molecular flexibility index (Phi) is 5.03. The number of rotatable bonds is 5. The lowest BCUT2D eigenvalue weighted by Gasteiger charge is -2.59. The fourth-order valence-electron chi connectivity index (χ4n) is 6.26. The summed E-state index contributed by atoms with van der Waals surface area (Å²) in [5.74, 6) is 3.01. The zero-order valence-electron chi connectivity index (χ0n) is 15.1. The molecule has 0 aromatic rings. The van der Waals surface area contributed by atoms with Crippen LogP contribution >= 0.6 is 12.2 Å². The van der Waals surface area contributed by atoms with Crippen LogP contribution in [-0.2, 0) is 4.74 Å². The Bertz CT molecular complexity index is 428. The number of thiocarbonyl (C=S) groups is 1. The minimum Gasteiger partial charge on any atom is -0.379 e. The van der Waals surface area contributed by atoms with Gasteiger partial charge < -0.3 is 15.4 Å². The molecule has 4 aliphatic carbocycles. The van der Waals surface area contributed by atoms with Crippen LogP contribution in [0.15, 0.2) is 0 Å². The largest absolute Gasteiger partial charge is 0.379 e. The molecular weight excluding hydrogens is 318 g/mol. The van der Waals surface area contributed by atoms with Crippen LogP contribution in [0.5, 0.6) is 0 Å². The third-order valence-electron chi connectivity index (χ3n) is 7.17. The van der Waals surface area contributed by atoms with E-state index >= 15 is 0 Å². The summed E-state index contributed by atoms with van der Waals surface area (Å²) in [7, 11) is 0. The van der Waals surface area contributed by atoms with Crippen LogP contribution < -0.4 is 10.6 Å². The van der Waals surface area contributed by atoms with Gasteiger partial charge in [-0.2, -0.15) is 0 Å². The van der Waals surface area contributed by atoms with Crippen molar-refractivity contribution in [2.24, 2.45) is 23.2 Å². The minimum atomic E-state index is 0.509. The SMILES string of the molecule is C[C@H](NC(=S)NCCN1CCOCC1)C12CC3CC(CC(C3)C1)C2. The van der Waals surface area contributed by atoms with Crippen molar-refractivity contribution in [3.05, 3.63) is 0 Å². The second-order valence-electron chi connectivity index (χ2n) is 8.86. The van der Waals surface area contributed by atoms with Crippen LogP contribution in [0.2, 0.25) is 0 Å². The summed E-state index contributed by atoms with van der Waals surface area (Å²) in [6.45, 7) is 8.19. The van der Waals surface area contributed by atoms with E-state index in [0.717, 1.165) is 62.3 Å². The molecule has 1 atom stereocenters. The fraction of sp³-hybridized carbons (Fsp3) is 0.947. The summed E-state index contributed by atoms with van der Waals surface area (Å²) in [4.78, 5) is 2.45. The van der Waals surface area contributed by atoms with E-state index in [1.807, 2.05) is 0 Å². The second-order valence-corrected chi connectivity index (χ2v) is 9.26. The molecule has 5 fully saturated rings. The molecule has 24 heavy (non-hydrogen) atoms. The Morgan fingerprint density at radius 3 is 2.29 bits per heavy atom. The maximum Gasteiger partial charge on any atom is 0.166 e. The van der Waals surface area contributed by atoms with Gasteiger partial charge in [0.25, 0.3) is 0 Å². The number of ether oxygens (including phenoxy) is 1. The lowest BCUT2D eigenvalue weighted by atomic mass is 9.48. The molecule has 4 nitrogen and oxygen atoms in total. The van der Waals surface area contributed by atoms with E-state index in [2.05, 4.69) is 22.5 Å². The van der Waals surface area contributed by atoms with E-state index in [1.54, 1.807) is 0 Å². The number of nitrogens with zero attached hydrogens (tertiary/aromatic N) is 1. The van der Waals surface area contributed by atoms with E-state index in [1.165, 1.54) is 38.5 Å². The van der Waals surface area contributed by atoms with Crippen LogP contribution in [0.25, 0.3) is 0 Å². The molecule has 5 rings (SSSR count). The van der Waals surface area contributed by atoms with Gasteiger partial charge in [0.1, 0.15) is 0 Å². The van der Waals surface area contributed by atoms with Gasteiger partial charge in [-0.1, -0.05) is 0 Å². The summed E-state index contributed by atoms with van der Waals surface area (Å²) in [5.41, 5.74) is 0.519. The third-order valence-corrected chi connectivity index (χ3v) is 7.43. The van der Waals surface area contributed by atoms with Gasteiger partial charge in [0.15, 0.2) is 5.11 Å². The first kappa shape index (κ1) is 17.0. The molecule has 0 aromatic carbocycles. The Balaban J connectivity index is 1.23. The summed E-state index contributed by atoms with van der Waals surface area (Å²) in [6.07, 6.45) is 8.83. The van der Waals surface area contributed by atoms with Gasteiger partial charge in [0.05, 0.1) is 13.2 Å².